The standard InChI is InChI=1S/C15H20N4O4/c1-23-8-7-19(10-11-3-2-6-16-9-11)14(21)12-4-5-13(20)18-15(22)17-12/h2-3,6,9,12H,4-5,7-8,10H2,1H3,(H2,17,18,20,22)/t12-/m0/s1. The van der Waals surface area contributed by atoms with Gasteiger partial charge < -0.3 is 15.0 Å². The van der Waals surface area contributed by atoms with Crippen molar-refractivity contribution in [2.24, 2.45) is 0 Å². The summed E-state index contributed by atoms with van der Waals surface area (Å²) in [5, 5.41) is 4.70. The maximum atomic E-state index is 12.7. The molecule has 23 heavy (non-hydrogen) atoms. The Balaban J connectivity index is 2.08. The van der Waals surface area contributed by atoms with Crippen LogP contribution in [0.2, 0.25) is 0 Å². The molecule has 0 aliphatic carbocycles. The Hall–Kier alpha value is -2.48. The summed E-state index contributed by atoms with van der Waals surface area (Å²) in [6, 6.07) is 2.30. The van der Waals surface area contributed by atoms with Gasteiger partial charge in [-0.25, -0.2) is 4.79 Å². The molecule has 0 spiro atoms. The zero-order valence-electron chi connectivity index (χ0n) is 12.9. The molecule has 1 aliphatic heterocycles. The molecule has 1 aliphatic rings. The normalized spacial score (nSPS) is 17.9. The monoisotopic (exact) mass is 320 g/mol. The van der Waals surface area contributed by atoms with Gasteiger partial charge in [-0.2, -0.15) is 0 Å². The number of imide groups is 1. The number of carbonyl (C=O) groups is 3. The van der Waals surface area contributed by atoms with Crippen molar-refractivity contribution < 1.29 is 19.1 Å². The molecular weight excluding hydrogens is 300 g/mol. The number of urea groups is 1. The molecule has 8 heteroatoms. The summed E-state index contributed by atoms with van der Waals surface area (Å²) in [5.41, 5.74) is 0.881. The molecule has 124 valence electrons. The first-order valence-electron chi connectivity index (χ1n) is 7.37. The van der Waals surface area contributed by atoms with E-state index in [1.807, 2.05) is 6.07 Å². The van der Waals surface area contributed by atoms with Gasteiger partial charge in [-0.15, -0.1) is 0 Å². The highest BCUT2D eigenvalue weighted by molar-refractivity contribution is 5.98. The van der Waals surface area contributed by atoms with Gasteiger partial charge in [-0.05, 0) is 18.1 Å². The quantitative estimate of drug-likeness (QED) is 0.771. The highest BCUT2D eigenvalue weighted by atomic mass is 16.5. The molecule has 4 amide bonds. The van der Waals surface area contributed by atoms with E-state index in [0.717, 1.165) is 5.56 Å². The van der Waals surface area contributed by atoms with Gasteiger partial charge in [-0.3, -0.25) is 19.9 Å². The zero-order valence-corrected chi connectivity index (χ0v) is 12.9. The Morgan fingerprint density at radius 3 is 3.00 bits per heavy atom. The van der Waals surface area contributed by atoms with E-state index in [1.54, 1.807) is 30.5 Å². The van der Waals surface area contributed by atoms with Crippen LogP contribution in [0.15, 0.2) is 24.5 Å². The van der Waals surface area contributed by atoms with E-state index in [-0.39, 0.29) is 24.7 Å². The Morgan fingerprint density at radius 2 is 2.30 bits per heavy atom. The SMILES string of the molecule is COCCN(Cc1cccnc1)C(=O)[C@@H]1CCC(=O)NC(=O)N1. The van der Waals surface area contributed by atoms with Crippen molar-refractivity contribution in [3.05, 3.63) is 30.1 Å². The summed E-state index contributed by atoms with van der Waals surface area (Å²) in [4.78, 5) is 41.3. The Labute approximate surface area is 134 Å². The zero-order chi connectivity index (χ0) is 16.7. The van der Waals surface area contributed by atoms with E-state index in [4.69, 9.17) is 4.74 Å². The van der Waals surface area contributed by atoms with E-state index < -0.39 is 12.1 Å². The van der Waals surface area contributed by atoms with Crippen molar-refractivity contribution in [2.75, 3.05) is 20.3 Å². The van der Waals surface area contributed by atoms with E-state index in [9.17, 15) is 14.4 Å². The minimum atomic E-state index is -0.727. The summed E-state index contributed by atoms with van der Waals surface area (Å²) < 4.78 is 5.05. The fourth-order valence-corrected chi connectivity index (χ4v) is 2.32. The second-order valence-corrected chi connectivity index (χ2v) is 5.23. The fraction of sp³-hybridized carbons (Fsp3) is 0.467. The molecular formula is C15H20N4O4. The molecule has 1 aromatic rings. The van der Waals surface area contributed by atoms with Crippen LogP contribution in [0.3, 0.4) is 0 Å². The molecule has 0 saturated carbocycles. The van der Waals surface area contributed by atoms with Crippen molar-refractivity contribution in [3.63, 3.8) is 0 Å². The summed E-state index contributed by atoms with van der Waals surface area (Å²) in [6.45, 7) is 1.13. The Kier molecular flexibility index (Phi) is 6.04. The summed E-state index contributed by atoms with van der Waals surface area (Å²) >= 11 is 0. The van der Waals surface area contributed by atoms with Gasteiger partial charge in [0.2, 0.25) is 11.8 Å². The second-order valence-electron chi connectivity index (χ2n) is 5.23. The molecule has 1 fully saturated rings. The van der Waals surface area contributed by atoms with Gasteiger partial charge in [0.25, 0.3) is 0 Å². The van der Waals surface area contributed by atoms with Crippen LogP contribution in [0.4, 0.5) is 4.79 Å². The van der Waals surface area contributed by atoms with E-state index in [0.29, 0.717) is 19.7 Å². The number of amides is 4. The minimum Gasteiger partial charge on any atom is -0.383 e. The molecule has 0 unspecified atom stereocenters. The van der Waals surface area contributed by atoms with Crippen molar-refractivity contribution >= 4 is 17.8 Å². The maximum Gasteiger partial charge on any atom is 0.322 e. The molecule has 0 bridgehead atoms. The van der Waals surface area contributed by atoms with Crippen LogP contribution in [0, 0.1) is 0 Å². The van der Waals surface area contributed by atoms with Crippen molar-refractivity contribution in [1.29, 1.82) is 0 Å². The van der Waals surface area contributed by atoms with Crippen LogP contribution >= 0.6 is 0 Å². The highest BCUT2D eigenvalue weighted by Gasteiger charge is 2.29. The van der Waals surface area contributed by atoms with Gasteiger partial charge >= 0.3 is 6.03 Å². The molecule has 1 aromatic heterocycles. The van der Waals surface area contributed by atoms with Crippen LogP contribution in [0.25, 0.3) is 0 Å². The van der Waals surface area contributed by atoms with Crippen molar-refractivity contribution in [3.8, 4) is 0 Å². The predicted octanol–water partition coefficient (Wildman–Crippen LogP) is 0.0448. The second kappa shape index (κ2) is 8.23. The summed E-state index contributed by atoms with van der Waals surface area (Å²) in [5.74, 6) is -0.621. The topological polar surface area (TPSA) is 101 Å². The first-order valence-corrected chi connectivity index (χ1v) is 7.37. The minimum absolute atomic E-state index is 0.125. The molecule has 2 N–H and O–H groups in total. The lowest BCUT2D eigenvalue weighted by atomic mass is 10.1. The number of hydrogen-bond donors (Lipinski definition) is 2. The van der Waals surface area contributed by atoms with Crippen LogP contribution < -0.4 is 10.6 Å². The average Bonchev–Trinajstić information content (AvgIpc) is 2.72. The van der Waals surface area contributed by atoms with E-state index >= 15 is 0 Å². The number of carbonyl (C=O) groups excluding carboxylic acids is 3. The summed E-state index contributed by atoms with van der Waals surface area (Å²) in [6.07, 6.45) is 3.74. The third-order valence-electron chi connectivity index (χ3n) is 3.49. The third kappa shape index (κ3) is 5.03. The van der Waals surface area contributed by atoms with Crippen LogP contribution in [0.1, 0.15) is 18.4 Å². The molecule has 0 aromatic carbocycles. The number of methoxy groups -OCH3 is 1. The first-order chi connectivity index (χ1) is 11.1. The van der Waals surface area contributed by atoms with E-state index in [1.165, 1.54) is 0 Å². The molecule has 2 rings (SSSR count). The summed E-state index contributed by atoms with van der Waals surface area (Å²) in [7, 11) is 1.56. The number of aromatic nitrogens is 1. The van der Waals surface area contributed by atoms with Gasteiger partial charge in [0.05, 0.1) is 6.61 Å². The number of pyridine rings is 1. The largest absolute Gasteiger partial charge is 0.383 e. The molecule has 2 heterocycles. The number of ether oxygens (including phenoxy) is 1. The highest BCUT2D eigenvalue weighted by Crippen LogP contribution is 2.10. The van der Waals surface area contributed by atoms with Crippen LogP contribution in [-0.4, -0.2) is 54.0 Å². The lowest BCUT2D eigenvalue weighted by Crippen LogP contribution is -2.50. The lowest BCUT2D eigenvalue weighted by Gasteiger charge is -2.26. The molecule has 8 nitrogen and oxygen atoms in total. The van der Waals surface area contributed by atoms with Crippen molar-refractivity contribution in [1.82, 2.24) is 20.5 Å². The number of rotatable bonds is 6. The lowest BCUT2D eigenvalue weighted by molar-refractivity contribution is -0.134. The average molecular weight is 320 g/mol. The number of nitrogens with zero attached hydrogens (tertiary/aromatic N) is 2. The van der Waals surface area contributed by atoms with Crippen molar-refractivity contribution in [2.45, 2.75) is 25.4 Å². The molecule has 1 atom stereocenters. The van der Waals surface area contributed by atoms with Gasteiger partial charge in [-0.1, -0.05) is 6.07 Å². The maximum absolute atomic E-state index is 12.7. The molecule has 0 radical (unpaired) electrons. The smallest absolute Gasteiger partial charge is 0.322 e. The third-order valence-corrected chi connectivity index (χ3v) is 3.49. The first kappa shape index (κ1) is 16.9. The van der Waals surface area contributed by atoms with Gasteiger partial charge in [0, 0.05) is 39.0 Å². The van der Waals surface area contributed by atoms with Gasteiger partial charge in [0.15, 0.2) is 0 Å². The molecule has 1 saturated heterocycles. The van der Waals surface area contributed by atoms with Crippen LogP contribution in [0.5, 0.6) is 0 Å². The van der Waals surface area contributed by atoms with Crippen LogP contribution in [-0.2, 0) is 20.9 Å². The Morgan fingerprint density at radius 1 is 1.48 bits per heavy atom. The van der Waals surface area contributed by atoms with Gasteiger partial charge in [0.1, 0.15) is 6.04 Å². The number of hydrogen-bond acceptors (Lipinski definition) is 5. The predicted molar refractivity (Wildman–Crippen MR) is 81.2 cm³/mol. The fourth-order valence-electron chi connectivity index (χ4n) is 2.32. The number of nitrogens with one attached hydrogen (secondary N) is 2. The van der Waals surface area contributed by atoms with E-state index in [2.05, 4.69) is 15.6 Å². The Bertz CT molecular complexity index is 564.